The second kappa shape index (κ2) is 11.4. The van der Waals surface area contributed by atoms with Gasteiger partial charge >= 0.3 is 0 Å². The number of rotatable bonds is 6. The van der Waals surface area contributed by atoms with Crippen molar-refractivity contribution in [1.82, 2.24) is 9.80 Å². The molecule has 0 bridgehead atoms. The minimum atomic E-state index is -1.54. The Balaban J connectivity index is 1.21. The van der Waals surface area contributed by atoms with Gasteiger partial charge in [0.25, 0.3) is 0 Å². The standard InChI is InChI=1S/C27H30F4N2O2/c28-22-4-2-19(3-5-22)20-7-11-32(12-8-20)17-25(34)21-9-13-33(14-10-21)26(35)6-1-18-15-23(29)27(31)24(30)16-18/h1-6,15-16,20-21,25,34H,7-14,17H2/b6-1+. The van der Waals surface area contributed by atoms with E-state index in [9.17, 15) is 27.5 Å². The Bertz CT molecular complexity index is 1020. The van der Waals surface area contributed by atoms with Gasteiger partial charge in [-0.25, -0.2) is 17.6 Å². The van der Waals surface area contributed by atoms with Gasteiger partial charge in [-0.3, -0.25) is 4.79 Å². The quantitative estimate of drug-likeness (QED) is 0.362. The molecule has 2 aromatic rings. The number of halogens is 4. The molecule has 2 aliphatic heterocycles. The van der Waals surface area contributed by atoms with E-state index in [0.717, 1.165) is 43.6 Å². The highest BCUT2D eigenvalue weighted by molar-refractivity contribution is 5.91. The zero-order chi connectivity index (χ0) is 24.9. The molecule has 0 saturated carbocycles. The van der Waals surface area contributed by atoms with Crippen molar-refractivity contribution in [3.63, 3.8) is 0 Å². The molecule has 2 aromatic carbocycles. The van der Waals surface area contributed by atoms with Crippen LogP contribution in [0.25, 0.3) is 6.08 Å². The van der Waals surface area contributed by atoms with Crippen molar-refractivity contribution in [3.05, 3.63) is 76.9 Å². The highest BCUT2D eigenvalue weighted by Crippen LogP contribution is 2.29. The molecular weight excluding hydrogens is 460 g/mol. The molecule has 1 unspecified atom stereocenters. The van der Waals surface area contributed by atoms with E-state index in [4.69, 9.17) is 0 Å². The zero-order valence-electron chi connectivity index (χ0n) is 19.5. The Morgan fingerprint density at radius 1 is 0.943 bits per heavy atom. The smallest absolute Gasteiger partial charge is 0.246 e. The van der Waals surface area contributed by atoms with Crippen molar-refractivity contribution >= 4 is 12.0 Å². The average Bonchev–Trinajstić information content (AvgIpc) is 2.87. The average molecular weight is 491 g/mol. The highest BCUT2D eigenvalue weighted by Gasteiger charge is 2.29. The largest absolute Gasteiger partial charge is 0.392 e. The van der Waals surface area contributed by atoms with Crippen LogP contribution in [0.2, 0.25) is 0 Å². The van der Waals surface area contributed by atoms with Gasteiger partial charge in [-0.05, 0) is 92.1 Å². The summed E-state index contributed by atoms with van der Waals surface area (Å²) in [5.41, 5.74) is 1.23. The molecule has 188 valence electrons. The number of nitrogens with zero attached hydrogens (tertiary/aromatic N) is 2. The van der Waals surface area contributed by atoms with Gasteiger partial charge in [0.1, 0.15) is 5.82 Å². The fourth-order valence-electron chi connectivity index (χ4n) is 5.05. The highest BCUT2D eigenvalue weighted by atomic mass is 19.2. The van der Waals surface area contributed by atoms with E-state index in [2.05, 4.69) is 4.90 Å². The van der Waals surface area contributed by atoms with Crippen LogP contribution < -0.4 is 0 Å². The van der Waals surface area contributed by atoms with Crippen LogP contribution >= 0.6 is 0 Å². The summed E-state index contributed by atoms with van der Waals surface area (Å²) in [6.07, 6.45) is 5.31. The maximum absolute atomic E-state index is 13.3. The summed E-state index contributed by atoms with van der Waals surface area (Å²) in [6, 6.07) is 8.39. The van der Waals surface area contributed by atoms with Crippen LogP contribution in [0.15, 0.2) is 42.5 Å². The monoisotopic (exact) mass is 490 g/mol. The lowest BCUT2D eigenvalue weighted by molar-refractivity contribution is -0.128. The van der Waals surface area contributed by atoms with E-state index in [-0.39, 0.29) is 23.2 Å². The SMILES string of the molecule is O=C(/C=C/c1cc(F)c(F)c(F)c1)N1CCC(C(O)CN2CCC(c3ccc(F)cc3)CC2)CC1. The first kappa shape index (κ1) is 25.4. The molecule has 4 rings (SSSR count). The molecule has 1 atom stereocenters. The predicted octanol–water partition coefficient (Wildman–Crippen LogP) is 4.74. The number of benzene rings is 2. The van der Waals surface area contributed by atoms with Gasteiger partial charge in [-0.1, -0.05) is 12.1 Å². The Morgan fingerprint density at radius 2 is 1.54 bits per heavy atom. The Hall–Kier alpha value is -2.71. The van der Waals surface area contributed by atoms with E-state index < -0.39 is 23.6 Å². The topological polar surface area (TPSA) is 43.8 Å². The number of carbonyl (C=O) groups excluding carboxylic acids is 1. The minimum absolute atomic E-state index is 0.0725. The molecule has 4 nitrogen and oxygen atoms in total. The maximum Gasteiger partial charge on any atom is 0.246 e. The first-order chi connectivity index (χ1) is 16.8. The number of aliphatic hydroxyl groups is 1. The summed E-state index contributed by atoms with van der Waals surface area (Å²) in [6.45, 7) is 3.33. The number of amides is 1. The van der Waals surface area contributed by atoms with Crippen LogP contribution in [0.5, 0.6) is 0 Å². The summed E-state index contributed by atoms with van der Waals surface area (Å²) < 4.78 is 52.9. The van der Waals surface area contributed by atoms with Crippen LogP contribution in [0.1, 0.15) is 42.7 Å². The van der Waals surface area contributed by atoms with E-state index in [0.29, 0.717) is 38.4 Å². The van der Waals surface area contributed by atoms with Crippen LogP contribution in [0, 0.1) is 29.2 Å². The van der Waals surface area contributed by atoms with Crippen LogP contribution in [-0.4, -0.2) is 59.6 Å². The third-order valence-electron chi connectivity index (χ3n) is 7.19. The van der Waals surface area contributed by atoms with Crippen LogP contribution in [0.4, 0.5) is 17.6 Å². The molecule has 0 spiro atoms. The first-order valence-electron chi connectivity index (χ1n) is 12.1. The number of hydrogen-bond donors (Lipinski definition) is 1. The molecule has 2 aliphatic rings. The molecule has 1 N–H and O–H groups in total. The predicted molar refractivity (Wildman–Crippen MR) is 125 cm³/mol. The van der Waals surface area contributed by atoms with E-state index >= 15 is 0 Å². The van der Waals surface area contributed by atoms with Crippen LogP contribution in [-0.2, 0) is 4.79 Å². The summed E-state index contributed by atoms with van der Waals surface area (Å²) in [5.74, 6) is -4.14. The molecule has 2 heterocycles. The van der Waals surface area contributed by atoms with Crippen LogP contribution in [0.3, 0.4) is 0 Å². The molecule has 0 aliphatic carbocycles. The number of piperidine rings is 2. The lowest BCUT2D eigenvalue weighted by Gasteiger charge is -2.38. The van der Waals surface area contributed by atoms with E-state index in [1.54, 1.807) is 4.90 Å². The van der Waals surface area contributed by atoms with Crippen molar-refractivity contribution in [2.75, 3.05) is 32.7 Å². The Morgan fingerprint density at radius 3 is 2.14 bits per heavy atom. The fourth-order valence-corrected chi connectivity index (χ4v) is 5.05. The summed E-state index contributed by atoms with van der Waals surface area (Å²) in [7, 11) is 0. The van der Waals surface area contributed by atoms with E-state index in [1.165, 1.54) is 24.3 Å². The van der Waals surface area contributed by atoms with Crippen molar-refractivity contribution in [3.8, 4) is 0 Å². The van der Waals surface area contributed by atoms with Gasteiger partial charge in [0.2, 0.25) is 5.91 Å². The molecule has 2 saturated heterocycles. The lowest BCUT2D eigenvalue weighted by atomic mass is 9.88. The normalized spacial score (nSPS) is 19.4. The van der Waals surface area contributed by atoms with Crippen molar-refractivity contribution in [1.29, 1.82) is 0 Å². The van der Waals surface area contributed by atoms with Gasteiger partial charge in [-0.2, -0.15) is 0 Å². The number of likely N-dealkylation sites (tertiary alicyclic amines) is 2. The van der Waals surface area contributed by atoms with Crippen molar-refractivity contribution < 1.29 is 27.5 Å². The summed E-state index contributed by atoms with van der Waals surface area (Å²) >= 11 is 0. The van der Waals surface area contributed by atoms with E-state index in [1.807, 2.05) is 12.1 Å². The Labute approximate surface area is 202 Å². The molecular formula is C27H30F4N2O2. The number of β-amino-alcohol motifs (C(OH)–C–C–N with tert-alkyl or cyclic N) is 1. The number of hydrogen-bond acceptors (Lipinski definition) is 3. The number of carbonyl (C=O) groups is 1. The first-order valence-corrected chi connectivity index (χ1v) is 12.1. The minimum Gasteiger partial charge on any atom is -0.392 e. The van der Waals surface area contributed by atoms with Gasteiger partial charge in [-0.15, -0.1) is 0 Å². The van der Waals surface area contributed by atoms with Crippen molar-refractivity contribution in [2.24, 2.45) is 5.92 Å². The van der Waals surface area contributed by atoms with Gasteiger partial charge in [0, 0.05) is 25.7 Å². The molecule has 1 amide bonds. The van der Waals surface area contributed by atoms with Gasteiger partial charge < -0.3 is 14.9 Å². The second-order valence-corrected chi connectivity index (χ2v) is 9.49. The molecule has 35 heavy (non-hydrogen) atoms. The van der Waals surface area contributed by atoms with Gasteiger partial charge in [0.05, 0.1) is 6.10 Å². The molecule has 8 heteroatoms. The van der Waals surface area contributed by atoms with Crippen molar-refractivity contribution in [2.45, 2.75) is 37.7 Å². The molecule has 0 aromatic heterocycles. The second-order valence-electron chi connectivity index (χ2n) is 9.49. The zero-order valence-corrected chi connectivity index (χ0v) is 19.5. The third kappa shape index (κ3) is 6.49. The number of aliphatic hydroxyl groups excluding tert-OH is 1. The Kier molecular flexibility index (Phi) is 8.23. The summed E-state index contributed by atoms with van der Waals surface area (Å²) in [5, 5.41) is 10.8. The fraction of sp³-hybridized carbons (Fsp3) is 0.444. The lowest BCUT2D eigenvalue weighted by Crippen LogP contribution is -2.45. The third-order valence-corrected chi connectivity index (χ3v) is 7.19. The maximum atomic E-state index is 13.3. The summed E-state index contributed by atoms with van der Waals surface area (Å²) in [4.78, 5) is 16.4. The molecule has 2 fully saturated rings. The van der Waals surface area contributed by atoms with Gasteiger partial charge in [0.15, 0.2) is 17.5 Å². The molecule has 0 radical (unpaired) electrons.